The molecular formula is C20H17BrClN3O3. The second-order valence-corrected chi connectivity index (χ2v) is 7.32. The van der Waals surface area contributed by atoms with Crippen molar-refractivity contribution in [1.82, 2.24) is 10.6 Å². The van der Waals surface area contributed by atoms with Crippen molar-refractivity contribution in [2.24, 2.45) is 5.10 Å². The van der Waals surface area contributed by atoms with Crippen LogP contribution in [0.1, 0.15) is 18.1 Å². The normalized spacial score (nSPS) is 11.4. The van der Waals surface area contributed by atoms with Gasteiger partial charge in [0.25, 0.3) is 5.91 Å². The topological polar surface area (TPSA) is 76.7 Å². The third-order valence-corrected chi connectivity index (χ3v) is 4.87. The molecule has 1 heterocycles. The van der Waals surface area contributed by atoms with E-state index in [1.54, 1.807) is 18.2 Å². The number of carbonyl (C=O) groups excluding carboxylic acids is 1. The van der Waals surface area contributed by atoms with Crippen molar-refractivity contribution >= 4 is 39.1 Å². The molecule has 0 fully saturated rings. The van der Waals surface area contributed by atoms with Crippen molar-refractivity contribution < 1.29 is 14.1 Å². The van der Waals surface area contributed by atoms with Crippen LogP contribution in [0.5, 0.6) is 5.75 Å². The fourth-order valence-electron chi connectivity index (χ4n) is 2.40. The maximum absolute atomic E-state index is 12.1. The Labute approximate surface area is 175 Å². The van der Waals surface area contributed by atoms with Crippen LogP contribution in [0.25, 0.3) is 11.3 Å². The smallest absolute Gasteiger partial charge is 0.277 e. The Morgan fingerprint density at radius 1 is 1.29 bits per heavy atom. The lowest BCUT2D eigenvalue weighted by molar-refractivity contribution is -0.123. The first kappa shape index (κ1) is 20.1. The van der Waals surface area contributed by atoms with Gasteiger partial charge in [-0.2, -0.15) is 5.10 Å². The highest BCUT2D eigenvalue weighted by molar-refractivity contribution is 9.10. The molecule has 28 heavy (non-hydrogen) atoms. The number of benzene rings is 2. The summed E-state index contributed by atoms with van der Waals surface area (Å²) in [6, 6.07) is 12.8. The minimum Gasteiger partial charge on any atom is -0.483 e. The van der Waals surface area contributed by atoms with Crippen LogP contribution < -0.4 is 10.2 Å². The summed E-state index contributed by atoms with van der Waals surface area (Å²) in [5.74, 6) is 0.594. The van der Waals surface area contributed by atoms with E-state index in [0.717, 1.165) is 15.6 Å². The third kappa shape index (κ3) is 4.99. The summed E-state index contributed by atoms with van der Waals surface area (Å²) in [6.45, 7) is 3.46. The zero-order valence-electron chi connectivity index (χ0n) is 15.2. The zero-order chi connectivity index (χ0) is 20.1. The van der Waals surface area contributed by atoms with Crippen molar-refractivity contribution in [3.8, 4) is 17.1 Å². The first-order valence-electron chi connectivity index (χ1n) is 8.37. The number of ether oxygens (including phenoxy) is 1. The summed E-state index contributed by atoms with van der Waals surface area (Å²) in [5, 5.41) is 8.38. The van der Waals surface area contributed by atoms with Crippen molar-refractivity contribution in [3.63, 3.8) is 0 Å². The van der Waals surface area contributed by atoms with Gasteiger partial charge in [-0.25, -0.2) is 5.43 Å². The van der Waals surface area contributed by atoms with Gasteiger partial charge in [0.1, 0.15) is 5.75 Å². The number of hydrogen-bond acceptors (Lipinski definition) is 5. The molecule has 1 aromatic heterocycles. The number of halogens is 2. The molecule has 1 amide bonds. The van der Waals surface area contributed by atoms with Crippen LogP contribution in [0.2, 0.25) is 5.02 Å². The molecule has 8 heteroatoms. The zero-order valence-corrected chi connectivity index (χ0v) is 17.5. The molecule has 1 N–H and O–H groups in total. The number of hydrazone groups is 1. The van der Waals surface area contributed by atoms with E-state index in [4.69, 9.17) is 20.9 Å². The van der Waals surface area contributed by atoms with Gasteiger partial charge in [0.2, 0.25) is 0 Å². The Morgan fingerprint density at radius 2 is 2.04 bits per heavy atom. The summed E-state index contributed by atoms with van der Waals surface area (Å²) in [5.41, 5.74) is 5.53. The first-order valence-corrected chi connectivity index (χ1v) is 9.54. The number of nitrogens with one attached hydrogen (secondary N) is 1. The van der Waals surface area contributed by atoms with Crippen molar-refractivity contribution in [3.05, 3.63) is 69.3 Å². The molecule has 0 bridgehead atoms. The van der Waals surface area contributed by atoms with E-state index in [9.17, 15) is 4.79 Å². The van der Waals surface area contributed by atoms with E-state index in [1.165, 1.54) is 6.20 Å². The molecule has 0 aliphatic rings. The number of hydrogen-bond donors (Lipinski definition) is 1. The van der Waals surface area contributed by atoms with Crippen molar-refractivity contribution in [1.29, 1.82) is 0 Å². The van der Waals surface area contributed by atoms with E-state index >= 15 is 0 Å². The number of nitrogens with zero attached hydrogens (tertiary/aromatic N) is 2. The maximum Gasteiger partial charge on any atom is 0.277 e. The quantitative estimate of drug-likeness (QED) is 0.414. The van der Waals surface area contributed by atoms with Gasteiger partial charge in [0.05, 0.1) is 17.5 Å². The number of aryl methyl sites for hydroxylation is 1. The molecule has 6 nitrogen and oxygen atoms in total. The minimum absolute atomic E-state index is 0.209. The fraction of sp³-hybridized carbons (Fsp3) is 0.150. The Balaban J connectivity index is 1.67. The maximum atomic E-state index is 12.1. The molecule has 0 atom stereocenters. The molecule has 0 aliphatic carbocycles. The lowest BCUT2D eigenvalue weighted by Crippen LogP contribution is -2.25. The second kappa shape index (κ2) is 9.03. The Kier molecular flexibility index (Phi) is 6.49. The van der Waals surface area contributed by atoms with Crippen LogP contribution in [-0.4, -0.2) is 23.4 Å². The summed E-state index contributed by atoms with van der Waals surface area (Å²) in [7, 11) is 0. The van der Waals surface area contributed by atoms with Gasteiger partial charge >= 0.3 is 0 Å². The van der Waals surface area contributed by atoms with E-state index in [1.807, 2.05) is 38.1 Å². The van der Waals surface area contributed by atoms with Gasteiger partial charge in [0, 0.05) is 15.6 Å². The monoisotopic (exact) mass is 461 g/mol. The molecule has 2 aromatic carbocycles. The number of carbonyl (C=O) groups is 1. The second-order valence-electron chi connectivity index (χ2n) is 6.00. The van der Waals surface area contributed by atoms with E-state index in [0.29, 0.717) is 27.8 Å². The minimum atomic E-state index is -0.382. The average Bonchev–Trinajstić information content (AvgIpc) is 3.21. The Morgan fingerprint density at radius 3 is 2.71 bits per heavy atom. The number of rotatable bonds is 6. The SMILES string of the molecule is C/C(=N/NC(=O)COc1cc(C)c(Cl)cc1-c1ccno1)c1ccc(Br)cc1. The van der Waals surface area contributed by atoms with Crippen molar-refractivity contribution in [2.75, 3.05) is 6.61 Å². The molecule has 0 spiro atoms. The fourth-order valence-corrected chi connectivity index (χ4v) is 2.83. The Bertz CT molecular complexity index is 1000. The van der Waals surface area contributed by atoms with E-state index in [2.05, 4.69) is 31.6 Å². The third-order valence-electron chi connectivity index (χ3n) is 3.93. The number of amides is 1. The summed E-state index contributed by atoms with van der Waals surface area (Å²) in [4.78, 5) is 12.1. The largest absolute Gasteiger partial charge is 0.483 e. The number of aromatic nitrogens is 1. The predicted molar refractivity (Wildman–Crippen MR) is 112 cm³/mol. The van der Waals surface area contributed by atoms with Crippen LogP contribution in [-0.2, 0) is 4.79 Å². The highest BCUT2D eigenvalue weighted by Crippen LogP contribution is 2.34. The lowest BCUT2D eigenvalue weighted by atomic mass is 10.1. The first-order chi connectivity index (χ1) is 13.4. The standard InChI is InChI=1S/C20H17BrClN3O3/c1-12-9-19(16(10-17(12)22)18-7-8-23-28-18)27-11-20(26)25-24-13(2)14-3-5-15(21)6-4-14/h3-10H,11H2,1-2H3,(H,25,26)/b24-13-. The predicted octanol–water partition coefficient (Wildman–Crippen LogP) is 4.99. The van der Waals surface area contributed by atoms with Crippen LogP contribution in [0, 0.1) is 6.92 Å². The van der Waals surface area contributed by atoms with Gasteiger partial charge in [-0.05, 0) is 49.2 Å². The molecule has 0 saturated heterocycles. The van der Waals surface area contributed by atoms with E-state index < -0.39 is 0 Å². The summed E-state index contributed by atoms with van der Waals surface area (Å²) >= 11 is 9.58. The van der Waals surface area contributed by atoms with Gasteiger partial charge < -0.3 is 9.26 Å². The Hall–Kier alpha value is -2.64. The molecule has 0 unspecified atom stereocenters. The summed E-state index contributed by atoms with van der Waals surface area (Å²) in [6.07, 6.45) is 1.53. The van der Waals surface area contributed by atoms with Crippen LogP contribution >= 0.6 is 27.5 Å². The van der Waals surface area contributed by atoms with Gasteiger partial charge in [0.15, 0.2) is 12.4 Å². The highest BCUT2D eigenvalue weighted by Gasteiger charge is 2.14. The molecule has 3 rings (SSSR count). The molecule has 3 aromatic rings. The van der Waals surface area contributed by atoms with Crippen LogP contribution in [0.15, 0.2) is 62.8 Å². The van der Waals surface area contributed by atoms with Gasteiger partial charge in [-0.1, -0.05) is 44.8 Å². The van der Waals surface area contributed by atoms with Crippen LogP contribution in [0.3, 0.4) is 0 Å². The highest BCUT2D eigenvalue weighted by atomic mass is 79.9. The molecule has 144 valence electrons. The van der Waals surface area contributed by atoms with Gasteiger partial charge in [-0.3, -0.25) is 4.79 Å². The van der Waals surface area contributed by atoms with Crippen LogP contribution in [0.4, 0.5) is 0 Å². The van der Waals surface area contributed by atoms with Crippen molar-refractivity contribution in [2.45, 2.75) is 13.8 Å². The molecular weight excluding hydrogens is 446 g/mol. The average molecular weight is 463 g/mol. The summed E-state index contributed by atoms with van der Waals surface area (Å²) < 4.78 is 11.8. The molecule has 0 saturated carbocycles. The van der Waals surface area contributed by atoms with E-state index in [-0.39, 0.29) is 12.5 Å². The van der Waals surface area contributed by atoms with Gasteiger partial charge in [-0.15, -0.1) is 0 Å². The lowest BCUT2D eigenvalue weighted by Gasteiger charge is -2.11. The molecule has 0 radical (unpaired) electrons. The molecule has 0 aliphatic heterocycles.